The van der Waals surface area contributed by atoms with Gasteiger partial charge in [-0.3, -0.25) is 9.59 Å². The molecule has 1 aromatic rings. The number of amides is 1. The Labute approximate surface area is 98.8 Å². The number of Topliss-reactive ketones (excluding diaryl/α,β-unsaturated/α-hetero) is 1. The van der Waals surface area contributed by atoms with Gasteiger partial charge in [0.1, 0.15) is 0 Å². The quantitative estimate of drug-likeness (QED) is 0.701. The summed E-state index contributed by atoms with van der Waals surface area (Å²) in [6.45, 7) is 3.43. The van der Waals surface area contributed by atoms with Gasteiger partial charge in [-0.2, -0.15) is 0 Å². The first-order chi connectivity index (χ1) is 7.50. The van der Waals surface area contributed by atoms with Crippen molar-refractivity contribution < 1.29 is 9.59 Å². The van der Waals surface area contributed by atoms with Crippen LogP contribution in [0.25, 0.3) is 0 Å². The number of fused-ring (bicyclic) bond motifs is 1. The Bertz CT molecular complexity index is 470. The van der Waals surface area contributed by atoms with E-state index in [1.165, 1.54) is 11.8 Å². The summed E-state index contributed by atoms with van der Waals surface area (Å²) in [5.74, 6) is 0.156. The standard InChI is InChI=1S/C12H13NO2S/c1-7(14)9-4-5-10-11(6-9)16-8(2)12(15)13(10)3/h4-6,8H,1-3H3. The largest absolute Gasteiger partial charge is 0.313 e. The van der Waals surface area contributed by atoms with E-state index in [9.17, 15) is 9.59 Å². The van der Waals surface area contributed by atoms with E-state index in [1.807, 2.05) is 19.1 Å². The molecule has 0 saturated carbocycles. The number of carbonyl (C=O) groups is 2. The molecular weight excluding hydrogens is 222 g/mol. The summed E-state index contributed by atoms with van der Waals surface area (Å²) in [6, 6.07) is 5.46. The number of rotatable bonds is 1. The molecule has 1 heterocycles. The van der Waals surface area contributed by atoms with Gasteiger partial charge >= 0.3 is 0 Å². The number of ketones is 1. The van der Waals surface area contributed by atoms with Gasteiger partial charge in [-0.25, -0.2) is 0 Å². The Balaban J connectivity index is 2.49. The molecule has 84 valence electrons. The molecular formula is C12H13NO2S. The van der Waals surface area contributed by atoms with Gasteiger partial charge in [-0.1, -0.05) is 0 Å². The van der Waals surface area contributed by atoms with Crippen LogP contribution in [0.4, 0.5) is 5.69 Å². The van der Waals surface area contributed by atoms with Gasteiger partial charge in [0.25, 0.3) is 0 Å². The second-order valence-corrected chi connectivity index (χ2v) is 5.28. The van der Waals surface area contributed by atoms with Crippen LogP contribution in [0.1, 0.15) is 24.2 Å². The molecule has 0 radical (unpaired) electrons. The predicted molar refractivity (Wildman–Crippen MR) is 65.2 cm³/mol. The molecule has 0 spiro atoms. The third kappa shape index (κ3) is 1.73. The van der Waals surface area contributed by atoms with E-state index in [1.54, 1.807) is 24.9 Å². The molecule has 0 aliphatic carbocycles. The SMILES string of the molecule is CC(=O)c1ccc2c(c1)SC(C)C(=O)N2C. The fourth-order valence-electron chi connectivity index (χ4n) is 1.74. The van der Waals surface area contributed by atoms with Gasteiger partial charge in [0.2, 0.25) is 5.91 Å². The van der Waals surface area contributed by atoms with Gasteiger partial charge in [-0.15, -0.1) is 11.8 Å². The van der Waals surface area contributed by atoms with E-state index in [4.69, 9.17) is 0 Å². The highest BCUT2D eigenvalue weighted by molar-refractivity contribution is 8.01. The van der Waals surface area contributed by atoms with Crippen molar-refractivity contribution in [2.75, 3.05) is 11.9 Å². The van der Waals surface area contributed by atoms with Crippen molar-refractivity contribution in [3.8, 4) is 0 Å². The van der Waals surface area contributed by atoms with Crippen molar-refractivity contribution in [3.05, 3.63) is 23.8 Å². The van der Waals surface area contributed by atoms with Crippen molar-refractivity contribution in [2.45, 2.75) is 24.0 Å². The molecule has 1 aliphatic heterocycles. The average Bonchev–Trinajstić information content (AvgIpc) is 2.25. The third-order valence-corrected chi connectivity index (χ3v) is 3.85. The normalized spacial score (nSPS) is 19.6. The maximum Gasteiger partial charge on any atom is 0.239 e. The van der Waals surface area contributed by atoms with Crippen molar-refractivity contribution in [1.29, 1.82) is 0 Å². The number of hydrogen-bond donors (Lipinski definition) is 0. The molecule has 0 N–H and O–H groups in total. The van der Waals surface area contributed by atoms with Crippen molar-refractivity contribution >= 4 is 29.1 Å². The van der Waals surface area contributed by atoms with Gasteiger partial charge in [0, 0.05) is 17.5 Å². The zero-order chi connectivity index (χ0) is 11.9. The molecule has 2 rings (SSSR count). The highest BCUT2D eigenvalue weighted by atomic mass is 32.2. The lowest BCUT2D eigenvalue weighted by Gasteiger charge is -2.29. The molecule has 3 nitrogen and oxygen atoms in total. The molecule has 4 heteroatoms. The van der Waals surface area contributed by atoms with Crippen LogP contribution >= 0.6 is 11.8 Å². The molecule has 0 bridgehead atoms. The number of benzene rings is 1. The monoisotopic (exact) mass is 235 g/mol. The highest BCUT2D eigenvalue weighted by Crippen LogP contribution is 2.38. The van der Waals surface area contributed by atoms with E-state index in [0.29, 0.717) is 5.56 Å². The molecule has 1 aliphatic rings. The third-order valence-electron chi connectivity index (χ3n) is 2.71. The average molecular weight is 235 g/mol. The molecule has 1 atom stereocenters. The van der Waals surface area contributed by atoms with Crippen molar-refractivity contribution in [1.82, 2.24) is 0 Å². The van der Waals surface area contributed by atoms with Crippen molar-refractivity contribution in [3.63, 3.8) is 0 Å². The zero-order valence-corrected chi connectivity index (χ0v) is 10.3. The first-order valence-electron chi connectivity index (χ1n) is 5.10. The first-order valence-corrected chi connectivity index (χ1v) is 5.98. The number of thioether (sulfide) groups is 1. The fraction of sp³-hybridized carbons (Fsp3) is 0.333. The molecule has 1 aromatic carbocycles. The Morgan fingerprint density at radius 1 is 1.44 bits per heavy atom. The molecule has 0 aromatic heterocycles. The van der Waals surface area contributed by atoms with Crippen LogP contribution < -0.4 is 4.90 Å². The Hall–Kier alpha value is -1.29. The maximum atomic E-state index is 11.7. The number of anilines is 1. The lowest BCUT2D eigenvalue weighted by atomic mass is 10.1. The van der Waals surface area contributed by atoms with Crippen LogP contribution in [0.2, 0.25) is 0 Å². The maximum absolute atomic E-state index is 11.7. The Kier molecular flexibility index (Phi) is 2.76. The predicted octanol–water partition coefficient (Wildman–Crippen LogP) is 2.35. The summed E-state index contributed by atoms with van der Waals surface area (Å²) >= 11 is 1.51. The number of hydrogen-bond acceptors (Lipinski definition) is 3. The first kappa shape index (κ1) is 11.2. The highest BCUT2D eigenvalue weighted by Gasteiger charge is 2.28. The van der Waals surface area contributed by atoms with Crippen LogP contribution in [0.5, 0.6) is 0 Å². The summed E-state index contributed by atoms with van der Waals surface area (Å²) in [5, 5.41) is -0.0836. The summed E-state index contributed by atoms with van der Waals surface area (Å²) < 4.78 is 0. The van der Waals surface area contributed by atoms with Crippen LogP contribution in [0, 0.1) is 0 Å². The van der Waals surface area contributed by atoms with E-state index < -0.39 is 0 Å². The van der Waals surface area contributed by atoms with Crippen molar-refractivity contribution in [2.24, 2.45) is 0 Å². The number of carbonyl (C=O) groups excluding carboxylic acids is 2. The summed E-state index contributed by atoms with van der Waals surface area (Å²) in [7, 11) is 1.77. The molecule has 0 saturated heterocycles. The van der Waals surface area contributed by atoms with Crippen LogP contribution in [-0.4, -0.2) is 24.0 Å². The van der Waals surface area contributed by atoms with Gasteiger partial charge in [0.15, 0.2) is 5.78 Å². The Morgan fingerprint density at radius 2 is 2.12 bits per heavy atom. The summed E-state index contributed by atoms with van der Waals surface area (Å²) in [6.07, 6.45) is 0. The summed E-state index contributed by atoms with van der Waals surface area (Å²) in [4.78, 5) is 25.7. The smallest absolute Gasteiger partial charge is 0.239 e. The summed E-state index contributed by atoms with van der Waals surface area (Å²) in [5.41, 5.74) is 1.58. The van der Waals surface area contributed by atoms with E-state index in [0.717, 1.165) is 10.6 Å². The van der Waals surface area contributed by atoms with E-state index in [-0.39, 0.29) is 16.9 Å². The van der Waals surface area contributed by atoms with Crippen LogP contribution in [0.3, 0.4) is 0 Å². The molecule has 1 unspecified atom stereocenters. The number of nitrogens with zero attached hydrogens (tertiary/aromatic N) is 1. The minimum absolute atomic E-state index is 0.0515. The lowest BCUT2D eigenvalue weighted by Crippen LogP contribution is -2.36. The molecule has 0 fully saturated rings. The molecule has 1 amide bonds. The minimum atomic E-state index is -0.0836. The second kappa shape index (κ2) is 3.94. The van der Waals surface area contributed by atoms with Crippen LogP contribution in [0.15, 0.2) is 23.1 Å². The fourth-order valence-corrected chi connectivity index (χ4v) is 2.90. The van der Waals surface area contributed by atoms with Gasteiger partial charge in [-0.05, 0) is 32.0 Å². The zero-order valence-electron chi connectivity index (χ0n) is 9.48. The molecule has 16 heavy (non-hydrogen) atoms. The minimum Gasteiger partial charge on any atom is -0.313 e. The van der Waals surface area contributed by atoms with Gasteiger partial charge < -0.3 is 4.90 Å². The lowest BCUT2D eigenvalue weighted by molar-refractivity contribution is -0.117. The van der Waals surface area contributed by atoms with Gasteiger partial charge in [0.05, 0.1) is 10.9 Å². The van der Waals surface area contributed by atoms with E-state index in [2.05, 4.69) is 0 Å². The van der Waals surface area contributed by atoms with Crippen LogP contribution in [-0.2, 0) is 4.79 Å². The second-order valence-electron chi connectivity index (χ2n) is 3.90. The topological polar surface area (TPSA) is 37.4 Å². The van der Waals surface area contributed by atoms with E-state index >= 15 is 0 Å². The Morgan fingerprint density at radius 3 is 2.75 bits per heavy atom.